The summed E-state index contributed by atoms with van der Waals surface area (Å²) in [7, 11) is 0. The molecule has 4 atom stereocenters. The number of aryl methyl sites for hydroxylation is 1. The fourth-order valence-corrected chi connectivity index (χ4v) is 4.12. The highest BCUT2D eigenvalue weighted by Crippen LogP contribution is 2.60. The van der Waals surface area contributed by atoms with Gasteiger partial charge < -0.3 is 10.8 Å². The molecule has 3 rings (SSSR count). The van der Waals surface area contributed by atoms with Crippen LogP contribution in [0.2, 0.25) is 0 Å². The van der Waals surface area contributed by atoms with Gasteiger partial charge in [0.1, 0.15) is 6.10 Å². The Morgan fingerprint density at radius 1 is 1.50 bits per heavy atom. The molecule has 0 amide bonds. The molecule has 0 aromatic carbocycles. The maximum absolute atomic E-state index is 10.7. The lowest BCUT2D eigenvalue weighted by atomic mass is 9.68. The van der Waals surface area contributed by atoms with Gasteiger partial charge in [-0.15, -0.1) is 0 Å². The molecular formula is C15H22N2O. The van der Waals surface area contributed by atoms with E-state index in [-0.39, 0.29) is 5.41 Å². The third-order valence-corrected chi connectivity index (χ3v) is 5.16. The lowest BCUT2D eigenvalue weighted by Crippen LogP contribution is -2.41. The molecule has 0 spiro atoms. The summed E-state index contributed by atoms with van der Waals surface area (Å²) >= 11 is 0. The van der Waals surface area contributed by atoms with Crippen LogP contribution in [-0.2, 0) is 0 Å². The summed E-state index contributed by atoms with van der Waals surface area (Å²) in [6.45, 7) is 2.59. The minimum Gasteiger partial charge on any atom is -0.386 e. The van der Waals surface area contributed by atoms with Gasteiger partial charge in [-0.25, -0.2) is 0 Å². The predicted molar refractivity (Wildman–Crippen MR) is 70.9 cm³/mol. The molecule has 3 N–H and O–H groups in total. The highest BCUT2D eigenvalue weighted by Gasteiger charge is 2.54. The van der Waals surface area contributed by atoms with Crippen LogP contribution >= 0.6 is 0 Å². The molecule has 1 heterocycles. The van der Waals surface area contributed by atoms with Gasteiger partial charge in [0.25, 0.3) is 0 Å². The van der Waals surface area contributed by atoms with E-state index in [1.165, 1.54) is 19.3 Å². The van der Waals surface area contributed by atoms with E-state index in [1.807, 2.05) is 25.3 Å². The average molecular weight is 246 g/mol. The van der Waals surface area contributed by atoms with E-state index in [0.29, 0.717) is 12.5 Å². The molecule has 4 unspecified atom stereocenters. The third-order valence-electron chi connectivity index (χ3n) is 5.16. The number of rotatable bonds is 3. The number of fused-ring (bicyclic) bond motifs is 2. The van der Waals surface area contributed by atoms with Gasteiger partial charge in [0.2, 0.25) is 0 Å². The topological polar surface area (TPSA) is 59.1 Å². The van der Waals surface area contributed by atoms with Crippen LogP contribution in [0.3, 0.4) is 0 Å². The molecule has 0 aliphatic heterocycles. The standard InChI is InChI=1S/C15H22N2O/c1-10-2-5-13(17-8-10)14(18)15(9-16)7-11-3-4-12(15)6-11/h2,5,8,11-12,14,18H,3-4,6-7,9,16H2,1H3. The zero-order valence-electron chi connectivity index (χ0n) is 11.0. The first-order valence-corrected chi connectivity index (χ1v) is 6.96. The summed E-state index contributed by atoms with van der Waals surface area (Å²) in [5.74, 6) is 1.37. The third kappa shape index (κ3) is 1.69. The number of aliphatic hydroxyl groups excluding tert-OH is 1. The van der Waals surface area contributed by atoms with Crippen molar-refractivity contribution in [1.82, 2.24) is 4.98 Å². The van der Waals surface area contributed by atoms with Crippen LogP contribution < -0.4 is 5.73 Å². The first kappa shape index (κ1) is 12.1. The predicted octanol–water partition coefficient (Wildman–Crippen LogP) is 2.19. The van der Waals surface area contributed by atoms with Crippen molar-refractivity contribution in [3.05, 3.63) is 29.6 Å². The van der Waals surface area contributed by atoms with Crippen molar-refractivity contribution >= 4 is 0 Å². The number of hydrogen-bond acceptors (Lipinski definition) is 3. The Kier molecular flexibility index (Phi) is 2.91. The molecule has 2 saturated carbocycles. The minimum atomic E-state index is -0.501. The number of aliphatic hydroxyl groups is 1. The first-order chi connectivity index (χ1) is 8.65. The lowest BCUT2D eigenvalue weighted by molar-refractivity contribution is -0.0157. The van der Waals surface area contributed by atoms with Crippen molar-refractivity contribution in [2.45, 2.75) is 38.7 Å². The molecule has 98 valence electrons. The van der Waals surface area contributed by atoms with Crippen molar-refractivity contribution in [3.8, 4) is 0 Å². The van der Waals surface area contributed by atoms with Crippen LogP contribution in [0.5, 0.6) is 0 Å². The molecule has 2 aliphatic carbocycles. The van der Waals surface area contributed by atoms with Crippen LogP contribution in [0.1, 0.15) is 43.0 Å². The van der Waals surface area contributed by atoms with Crippen LogP contribution in [-0.4, -0.2) is 16.6 Å². The highest BCUT2D eigenvalue weighted by atomic mass is 16.3. The van der Waals surface area contributed by atoms with Crippen LogP contribution in [0.4, 0.5) is 0 Å². The molecule has 3 heteroatoms. The van der Waals surface area contributed by atoms with Crippen LogP contribution in [0.25, 0.3) is 0 Å². The minimum absolute atomic E-state index is 0.120. The van der Waals surface area contributed by atoms with E-state index >= 15 is 0 Å². The molecule has 1 aromatic rings. The van der Waals surface area contributed by atoms with Crippen molar-refractivity contribution in [2.75, 3.05) is 6.54 Å². The summed E-state index contributed by atoms with van der Waals surface area (Å²) < 4.78 is 0. The maximum atomic E-state index is 10.7. The Hall–Kier alpha value is -0.930. The second-order valence-electron chi connectivity index (χ2n) is 6.18. The number of aromatic nitrogens is 1. The number of hydrogen-bond donors (Lipinski definition) is 2. The summed E-state index contributed by atoms with van der Waals surface area (Å²) in [5.41, 5.74) is 7.83. The second kappa shape index (κ2) is 4.32. The van der Waals surface area contributed by atoms with Gasteiger partial charge in [-0.3, -0.25) is 4.98 Å². The number of nitrogens with two attached hydrogens (primary N) is 1. The largest absolute Gasteiger partial charge is 0.386 e. The Balaban J connectivity index is 1.90. The van der Waals surface area contributed by atoms with E-state index in [0.717, 1.165) is 23.6 Å². The zero-order chi connectivity index (χ0) is 12.8. The molecule has 18 heavy (non-hydrogen) atoms. The fourth-order valence-electron chi connectivity index (χ4n) is 4.12. The van der Waals surface area contributed by atoms with E-state index < -0.39 is 6.10 Å². The molecule has 2 bridgehead atoms. The average Bonchev–Trinajstić information content (AvgIpc) is 2.99. The van der Waals surface area contributed by atoms with E-state index in [4.69, 9.17) is 5.73 Å². The van der Waals surface area contributed by atoms with Gasteiger partial charge in [-0.05, 0) is 49.7 Å². The van der Waals surface area contributed by atoms with E-state index in [9.17, 15) is 5.11 Å². The Morgan fingerprint density at radius 3 is 2.83 bits per heavy atom. The lowest BCUT2D eigenvalue weighted by Gasteiger charge is -2.40. The highest BCUT2D eigenvalue weighted by molar-refractivity contribution is 5.18. The smallest absolute Gasteiger partial charge is 0.103 e. The Bertz CT molecular complexity index is 431. The van der Waals surface area contributed by atoms with E-state index in [1.54, 1.807) is 0 Å². The fraction of sp³-hybridized carbons (Fsp3) is 0.667. The molecule has 2 fully saturated rings. The quantitative estimate of drug-likeness (QED) is 0.859. The van der Waals surface area contributed by atoms with Gasteiger partial charge in [-0.1, -0.05) is 12.5 Å². The summed E-state index contributed by atoms with van der Waals surface area (Å²) in [6.07, 6.45) is 6.20. The molecule has 0 radical (unpaired) electrons. The molecule has 2 aliphatic rings. The van der Waals surface area contributed by atoms with Gasteiger partial charge >= 0.3 is 0 Å². The van der Waals surface area contributed by atoms with Crippen molar-refractivity contribution in [1.29, 1.82) is 0 Å². The normalized spacial score (nSPS) is 35.9. The molecular weight excluding hydrogens is 224 g/mol. The zero-order valence-corrected chi connectivity index (χ0v) is 11.0. The second-order valence-corrected chi connectivity index (χ2v) is 6.18. The van der Waals surface area contributed by atoms with Gasteiger partial charge in [-0.2, -0.15) is 0 Å². The van der Waals surface area contributed by atoms with Gasteiger partial charge in [0.05, 0.1) is 5.69 Å². The molecule has 3 nitrogen and oxygen atoms in total. The number of nitrogens with zero attached hydrogens (tertiary/aromatic N) is 1. The van der Waals surface area contributed by atoms with E-state index in [2.05, 4.69) is 4.98 Å². The summed E-state index contributed by atoms with van der Waals surface area (Å²) in [6, 6.07) is 3.96. The van der Waals surface area contributed by atoms with Crippen LogP contribution in [0.15, 0.2) is 18.3 Å². The van der Waals surface area contributed by atoms with Crippen molar-refractivity contribution in [2.24, 2.45) is 23.0 Å². The monoisotopic (exact) mass is 246 g/mol. The van der Waals surface area contributed by atoms with Gasteiger partial charge in [0, 0.05) is 18.2 Å². The maximum Gasteiger partial charge on any atom is 0.103 e. The summed E-state index contributed by atoms with van der Waals surface area (Å²) in [5, 5.41) is 10.7. The summed E-state index contributed by atoms with van der Waals surface area (Å²) in [4.78, 5) is 4.39. The van der Waals surface area contributed by atoms with Gasteiger partial charge in [0.15, 0.2) is 0 Å². The van der Waals surface area contributed by atoms with Crippen LogP contribution in [0, 0.1) is 24.2 Å². The van der Waals surface area contributed by atoms with Crippen molar-refractivity contribution < 1.29 is 5.11 Å². The molecule has 1 aromatic heterocycles. The molecule has 0 saturated heterocycles. The first-order valence-electron chi connectivity index (χ1n) is 6.96. The number of pyridine rings is 1. The SMILES string of the molecule is Cc1ccc(C(O)C2(CN)CC3CCC2C3)nc1. The Morgan fingerprint density at radius 2 is 2.33 bits per heavy atom. The Labute approximate surface area is 108 Å². The van der Waals surface area contributed by atoms with Crippen molar-refractivity contribution in [3.63, 3.8) is 0 Å².